The summed E-state index contributed by atoms with van der Waals surface area (Å²) < 4.78 is 0.655. The van der Waals surface area contributed by atoms with E-state index in [1.165, 1.54) is 64.2 Å². The van der Waals surface area contributed by atoms with Crippen LogP contribution in [0.15, 0.2) is 0 Å². The first-order chi connectivity index (χ1) is 11.7. The highest BCUT2D eigenvalue weighted by atomic mass is 32.2. The fourth-order valence-corrected chi connectivity index (χ4v) is 6.50. The fraction of sp³-hybridized carbons (Fsp3) is 1.00. The van der Waals surface area contributed by atoms with Crippen molar-refractivity contribution >= 4 is 11.8 Å². The number of hydrogen-bond donors (Lipinski definition) is 0. The predicted octanol–water partition coefficient (Wildman–Crippen LogP) is 8.25. The zero-order chi connectivity index (χ0) is 17.3. The van der Waals surface area contributed by atoms with E-state index in [0.717, 1.165) is 17.8 Å². The number of hydrogen-bond acceptors (Lipinski definition) is 1. The second kappa shape index (κ2) is 11.1. The van der Waals surface area contributed by atoms with Crippen LogP contribution in [0.2, 0.25) is 0 Å². The first-order valence-corrected chi connectivity index (χ1v) is 12.5. The summed E-state index contributed by atoms with van der Waals surface area (Å²) in [5.74, 6) is 3.24. The van der Waals surface area contributed by atoms with Gasteiger partial charge in [-0.3, -0.25) is 0 Å². The van der Waals surface area contributed by atoms with Crippen LogP contribution in [-0.2, 0) is 0 Å². The Morgan fingerprint density at radius 2 is 1.38 bits per heavy atom. The second-order valence-corrected chi connectivity index (χ2v) is 10.2. The molecule has 0 aromatic heterocycles. The van der Waals surface area contributed by atoms with Crippen molar-refractivity contribution in [2.45, 2.75) is 121 Å². The topological polar surface area (TPSA) is 0 Å². The largest absolute Gasteiger partial charge is 0.159 e. The van der Waals surface area contributed by atoms with Gasteiger partial charge in [-0.15, -0.1) is 0 Å². The van der Waals surface area contributed by atoms with Gasteiger partial charge in [0.15, 0.2) is 0 Å². The van der Waals surface area contributed by atoms with Crippen molar-refractivity contribution in [1.29, 1.82) is 0 Å². The molecule has 2 rings (SSSR count). The first kappa shape index (κ1) is 20.7. The highest BCUT2D eigenvalue weighted by molar-refractivity contribution is 8.00. The van der Waals surface area contributed by atoms with Crippen LogP contribution in [0.3, 0.4) is 0 Å². The maximum Gasteiger partial charge on any atom is 0.0157 e. The molecule has 0 nitrogen and oxygen atoms in total. The Balaban J connectivity index is 1.70. The van der Waals surface area contributed by atoms with E-state index in [1.807, 2.05) is 0 Å². The van der Waals surface area contributed by atoms with E-state index >= 15 is 0 Å². The predicted molar refractivity (Wildman–Crippen MR) is 112 cm³/mol. The number of rotatable bonds is 10. The third kappa shape index (κ3) is 6.26. The molecule has 0 aromatic carbocycles. The maximum absolute atomic E-state index is 2.39. The van der Waals surface area contributed by atoms with E-state index in [0.29, 0.717) is 4.75 Å². The highest BCUT2D eigenvalue weighted by Gasteiger charge is 2.37. The van der Waals surface area contributed by atoms with Crippen LogP contribution in [-0.4, -0.2) is 11.0 Å². The molecule has 0 amide bonds. The Kier molecular flexibility index (Phi) is 9.59. The summed E-state index contributed by atoms with van der Waals surface area (Å²) in [5, 5.41) is 0. The molecule has 24 heavy (non-hydrogen) atoms. The average molecular weight is 353 g/mol. The molecule has 2 saturated carbocycles. The Labute approximate surface area is 157 Å². The monoisotopic (exact) mass is 352 g/mol. The third-order valence-electron chi connectivity index (χ3n) is 7.38. The first-order valence-electron chi connectivity index (χ1n) is 11.3. The molecule has 2 aliphatic rings. The minimum atomic E-state index is 0.655. The van der Waals surface area contributed by atoms with Gasteiger partial charge in [-0.05, 0) is 69.0 Å². The van der Waals surface area contributed by atoms with Crippen LogP contribution >= 0.6 is 11.8 Å². The van der Waals surface area contributed by atoms with Crippen molar-refractivity contribution in [3.63, 3.8) is 0 Å². The zero-order valence-electron chi connectivity index (χ0n) is 17.0. The summed E-state index contributed by atoms with van der Waals surface area (Å²) in [6.45, 7) is 4.67. The van der Waals surface area contributed by atoms with Crippen molar-refractivity contribution in [1.82, 2.24) is 0 Å². The van der Waals surface area contributed by atoms with E-state index in [9.17, 15) is 0 Å². The second-order valence-electron chi connectivity index (χ2n) is 8.96. The fourth-order valence-electron chi connectivity index (χ4n) is 5.51. The standard InChI is InChI=1S/C23H44S/c1-4-6-8-9-17-23(24-3)18-15-22(16-19-23)21-13-11-20(12-14-21)10-7-5-2/h20-22H,4-19H2,1-3H3. The van der Waals surface area contributed by atoms with Gasteiger partial charge in [0.2, 0.25) is 0 Å². The summed E-state index contributed by atoms with van der Waals surface area (Å²) in [6.07, 6.45) is 26.3. The molecule has 0 heterocycles. The van der Waals surface area contributed by atoms with Gasteiger partial charge >= 0.3 is 0 Å². The van der Waals surface area contributed by atoms with Gasteiger partial charge in [0, 0.05) is 4.75 Å². The number of thioether (sulfide) groups is 1. The molecule has 0 unspecified atom stereocenters. The van der Waals surface area contributed by atoms with E-state index in [2.05, 4.69) is 31.9 Å². The van der Waals surface area contributed by atoms with Crippen molar-refractivity contribution < 1.29 is 0 Å². The van der Waals surface area contributed by atoms with Gasteiger partial charge in [-0.1, -0.05) is 71.6 Å². The van der Waals surface area contributed by atoms with E-state index < -0.39 is 0 Å². The normalized spacial score (nSPS) is 34.4. The summed E-state index contributed by atoms with van der Waals surface area (Å²) in [5.41, 5.74) is 0. The molecule has 2 aliphatic carbocycles. The molecule has 0 radical (unpaired) electrons. The van der Waals surface area contributed by atoms with Crippen molar-refractivity contribution in [2.75, 3.05) is 6.26 Å². The van der Waals surface area contributed by atoms with Crippen LogP contribution in [0.5, 0.6) is 0 Å². The Morgan fingerprint density at radius 3 is 1.96 bits per heavy atom. The Bertz CT molecular complexity index is 308. The van der Waals surface area contributed by atoms with Gasteiger partial charge in [-0.25, -0.2) is 0 Å². The molecule has 1 heteroatoms. The minimum absolute atomic E-state index is 0.655. The lowest BCUT2D eigenvalue weighted by Crippen LogP contribution is -2.34. The van der Waals surface area contributed by atoms with Gasteiger partial charge in [0.05, 0.1) is 0 Å². The molecule has 0 aliphatic heterocycles. The van der Waals surface area contributed by atoms with Crippen LogP contribution in [0.25, 0.3) is 0 Å². The van der Waals surface area contributed by atoms with Crippen LogP contribution in [0.1, 0.15) is 117 Å². The van der Waals surface area contributed by atoms with E-state index in [1.54, 1.807) is 38.5 Å². The Hall–Kier alpha value is 0.350. The summed E-state index contributed by atoms with van der Waals surface area (Å²) in [4.78, 5) is 0. The smallest absolute Gasteiger partial charge is 0.0157 e. The van der Waals surface area contributed by atoms with Crippen LogP contribution < -0.4 is 0 Å². The molecule has 0 bridgehead atoms. The summed E-state index contributed by atoms with van der Waals surface area (Å²) in [7, 11) is 0. The molecule has 2 fully saturated rings. The van der Waals surface area contributed by atoms with Gasteiger partial charge < -0.3 is 0 Å². The highest BCUT2D eigenvalue weighted by Crippen LogP contribution is 2.48. The Morgan fingerprint density at radius 1 is 0.750 bits per heavy atom. The summed E-state index contributed by atoms with van der Waals surface area (Å²) in [6, 6.07) is 0. The lowest BCUT2D eigenvalue weighted by atomic mass is 9.68. The van der Waals surface area contributed by atoms with Gasteiger partial charge in [0.25, 0.3) is 0 Å². The lowest BCUT2D eigenvalue weighted by Gasteiger charge is -2.43. The molecule has 142 valence electrons. The maximum atomic E-state index is 2.39. The van der Waals surface area contributed by atoms with Crippen molar-refractivity contribution in [3.8, 4) is 0 Å². The van der Waals surface area contributed by atoms with Crippen molar-refractivity contribution in [2.24, 2.45) is 17.8 Å². The van der Waals surface area contributed by atoms with Crippen molar-refractivity contribution in [3.05, 3.63) is 0 Å². The van der Waals surface area contributed by atoms with Crippen LogP contribution in [0, 0.1) is 17.8 Å². The minimum Gasteiger partial charge on any atom is -0.159 e. The lowest BCUT2D eigenvalue weighted by molar-refractivity contribution is 0.148. The van der Waals surface area contributed by atoms with E-state index in [-0.39, 0.29) is 0 Å². The zero-order valence-corrected chi connectivity index (χ0v) is 17.8. The third-order valence-corrected chi connectivity index (χ3v) is 8.86. The molecule has 0 aromatic rings. The molecule has 0 N–H and O–H groups in total. The molecule has 0 spiro atoms. The van der Waals surface area contributed by atoms with Gasteiger partial charge in [0.1, 0.15) is 0 Å². The quantitative estimate of drug-likeness (QED) is 0.357. The molecular weight excluding hydrogens is 308 g/mol. The number of unbranched alkanes of at least 4 members (excludes halogenated alkanes) is 4. The molecular formula is C23H44S. The molecule has 0 atom stereocenters. The van der Waals surface area contributed by atoms with E-state index in [4.69, 9.17) is 0 Å². The van der Waals surface area contributed by atoms with Gasteiger partial charge in [-0.2, -0.15) is 11.8 Å². The average Bonchev–Trinajstić information content (AvgIpc) is 2.64. The molecule has 0 saturated heterocycles. The van der Waals surface area contributed by atoms with Crippen LogP contribution in [0.4, 0.5) is 0 Å². The summed E-state index contributed by atoms with van der Waals surface area (Å²) >= 11 is 2.21. The SMILES string of the molecule is CCCCCCC1(SC)CCC(C2CCC(CCCC)CC2)CC1.